The second kappa shape index (κ2) is 5.69. The van der Waals surface area contributed by atoms with E-state index in [4.69, 9.17) is 9.15 Å². The molecule has 5 heteroatoms. The second-order valence-corrected chi connectivity index (χ2v) is 5.35. The van der Waals surface area contributed by atoms with Gasteiger partial charge in [0.15, 0.2) is 5.58 Å². The Hall–Kier alpha value is -2.14. The van der Waals surface area contributed by atoms with Crippen LogP contribution in [0.1, 0.15) is 19.7 Å². The minimum Gasteiger partial charge on any atom is -0.437 e. The standard InChI is InChI=1S/C16H18N2O3/c1-11-9-18(10-12(2)20-11)16(19)8-7-15-17-13-5-3-4-6-14(13)21-15/h3-8,11-12H,9-10H2,1-2H3/b8-7+/t11-,12-/m1/s1. The zero-order chi connectivity index (χ0) is 14.8. The average Bonchev–Trinajstić information content (AvgIpc) is 2.86. The van der Waals surface area contributed by atoms with E-state index in [-0.39, 0.29) is 18.1 Å². The largest absolute Gasteiger partial charge is 0.437 e. The molecule has 110 valence electrons. The minimum absolute atomic E-state index is 0.0424. The van der Waals surface area contributed by atoms with Gasteiger partial charge < -0.3 is 14.1 Å². The number of benzene rings is 1. The topological polar surface area (TPSA) is 55.6 Å². The Bertz CT molecular complexity index is 634. The molecule has 3 rings (SSSR count). The first-order valence-electron chi connectivity index (χ1n) is 7.10. The number of nitrogens with zero attached hydrogens (tertiary/aromatic N) is 2. The van der Waals surface area contributed by atoms with Crippen molar-refractivity contribution in [2.75, 3.05) is 13.1 Å². The molecule has 1 aromatic heterocycles. The van der Waals surface area contributed by atoms with Crippen molar-refractivity contribution in [1.82, 2.24) is 9.88 Å². The highest BCUT2D eigenvalue weighted by atomic mass is 16.5. The molecule has 5 nitrogen and oxygen atoms in total. The Morgan fingerprint density at radius 2 is 2.00 bits per heavy atom. The first-order chi connectivity index (χ1) is 10.1. The van der Waals surface area contributed by atoms with Crippen molar-refractivity contribution < 1.29 is 13.9 Å². The molecular weight excluding hydrogens is 268 g/mol. The smallest absolute Gasteiger partial charge is 0.246 e. The maximum Gasteiger partial charge on any atom is 0.246 e. The average molecular weight is 286 g/mol. The van der Waals surface area contributed by atoms with Crippen molar-refractivity contribution in [2.24, 2.45) is 0 Å². The number of carbonyl (C=O) groups is 1. The van der Waals surface area contributed by atoms with Crippen LogP contribution in [0.2, 0.25) is 0 Å². The highest BCUT2D eigenvalue weighted by molar-refractivity contribution is 5.91. The number of morpholine rings is 1. The molecule has 2 atom stereocenters. The van der Waals surface area contributed by atoms with E-state index in [0.29, 0.717) is 19.0 Å². The molecule has 0 bridgehead atoms. The normalized spacial score (nSPS) is 23.0. The maximum absolute atomic E-state index is 12.2. The summed E-state index contributed by atoms with van der Waals surface area (Å²) in [6.07, 6.45) is 3.26. The Balaban J connectivity index is 1.71. The summed E-state index contributed by atoms with van der Waals surface area (Å²) in [5.41, 5.74) is 1.51. The first kappa shape index (κ1) is 13.8. The summed E-state index contributed by atoms with van der Waals surface area (Å²) < 4.78 is 11.2. The van der Waals surface area contributed by atoms with E-state index in [0.717, 1.165) is 11.1 Å². The fourth-order valence-electron chi connectivity index (χ4n) is 2.57. The quantitative estimate of drug-likeness (QED) is 0.796. The molecule has 1 amide bonds. The SMILES string of the molecule is C[C@@H]1CN(C(=O)/C=C/c2nc3ccccc3o2)C[C@@H](C)O1. The van der Waals surface area contributed by atoms with Gasteiger partial charge in [0.2, 0.25) is 11.8 Å². The highest BCUT2D eigenvalue weighted by Crippen LogP contribution is 2.16. The van der Waals surface area contributed by atoms with Gasteiger partial charge in [-0.3, -0.25) is 4.79 Å². The number of fused-ring (bicyclic) bond motifs is 1. The van der Waals surface area contributed by atoms with Crippen LogP contribution in [-0.4, -0.2) is 41.1 Å². The predicted octanol–water partition coefficient (Wildman–Crippen LogP) is 2.48. The molecule has 1 aromatic carbocycles. The molecule has 0 unspecified atom stereocenters. The number of ether oxygens (including phenoxy) is 1. The van der Waals surface area contributed by atoms with Crippen LogP contribution >= 0.6 is 0 Å². The summed E-state index contributed by atoms with van der Waals surface area (Å²) in [6.45, 7) is 5.17. The number of oxazole rings is 1. The monoisotopic (exact) mass is 286 g/mol. The molecule has 2 heterocycles. The third-order valence-corrected chi connectivity index (χ3v) is 3.41. The molecule has 21 heavy (non-hydrogen) atoms. The predicted molar refractivity (Wildman–Crippen MR) is 79.6 cm³/mol. The van der Waals surface area contributed by atoms with Crippen LogP contribution in [0.15, 0.2) is 34.8 Å². The fraction of sp³-hybridized carbons (Fsp3) is 0.375. The first-order valence-corrected chi connectivity index (χ1v) is 7.10. The zero-order valence-electron chi connectivity index (χ0n) is 12.2. The van der Waals surface area contributed by atoms with Crippen LogP contribution in [0.25, 0.3) is 17.2 Å². The van der Waals surface area contributed by atoms with Gasteiger partial charge in [-0.2, -0.15) is 0 Å². The van der Waals surface area contributed by atoms with Gasteiger partial charge in [0.05, 0.1) is 12.2 Å². The van der Waals surface area contributed by atoms with Crippen LogP contribution in [0.4, 0.5) is 0 Å². The number of hydrogen-bond donors (Lipinski definition) is 0. The summed E-state index contributed by atoms with van der Waals surface area (Å²) in [5, 5.41) is 0. The lowest BCUT2D eigenvalue weighted by Gasteiger charge is -2.34. The Labute approximate surface area is 123 Å². The Kier molecular flexibility index (Phi) is 3.75. The fourth-order valence-corrected chi connectivity index (χ4v) is 2.57. The summed E-state index contributed by atoms with van der Waals surface area (Å²) in [5.74, 6) is 0.401. The van der Waals surface area contributed by atoms with E-state index in [1.54, 1.807) is 11.0 Å². The zero-order valence-corrected chi connectivity index (χ0v) is 12.2. The molecule has 1 fully saturated rings. The number of hydrogen-bond acceptors (Lipinski definition) is 4. The van der Waals surface area contributed by atoms with E-state index < -0.39 is 0 Å². The molecule has 0 radical (unpaired) electrons. The van der Waals surface area contributed by atoms with Gasteiger partial charge in [0.1, 0.15) is 5.52 Å². The molecule has 0 aliphatic carbocycles. The molecule has 1 aliphatic heterocycles. The van der Waals surface area contributed by atoms with Crippen molar-refractivity contribution in [1.29, 1.82) is 0 Å². The second-order valence-electron chi connectivity index (χ2n) is 5.35. The number of carbonyl (C=O) groups excluding carboxylic acids is 1. The summed E-state index contributed by atoms with van der Waals surface area (Å²) in [6, 6.07) is 7.53. The van der Waals surface area contributed by atoms with Crippen molar-refractivity contribution in [3.63, 3.8) is 0 Å². The third kappa shape index (κ3) is 3.13. The molecule has 0 spiro atoms. The Morgan fingerprint density at radius 1 is 1.29 bits per heavy atom. The lowest BCUT2D eigenvalue weighted by molar-refractivity contribution is -0.137. The van der Waals surface area contributed by atoms with E-state index >= 15 is 0 Å². The van der Waals surface area contributed by atoms with E-state index in [9.17, 15) is 4.79 Å². The van der Waals surface area contributed by atoms with E-state index in [1.807, 2.05) is 38.1 Å². The van der Waals surface area contributed by atoms with Gasteiger partial charge in [0.25, 0.3) is 0 Å². The lowest BCUT2D eigenvalue weighted by Crippen LogP contribution is -2.47. The molecule has 0 saturated carbocycles. The van der Waals surface area contributed by atoms with Crippen LogP contribution in [-0.2, 0) is 9.53 Å². The van der Waals surface area contributed by atoms with Gasteiger partial charge in [-0.15, -0.1) is 0 Å². The summed E-state index contributed by atoms with van der Waals surface area (Å²) >= 11 is 0. The van der Waals surface area contributed by atoms with E-state index in [2.05, 4.69) is 4.98 Å². The number of aromatic nitrogens is 1. The Morgan fingerprint density at radius 3 is 2.71 bits per heavy atom. The van der Waals surface area contributed by atoms with Crippen LogP contribution < -0.4 is 0 Å². The van der Waals surface area contributed by atoms with Crippen molar-refractivity contribution in [2.45, 2.75) is 26.1 Å². The number of para-hydroxylation sites is 2. The van der Waals surface area contributed by atoms with Crippen LogP contribution in [0, 0.1) is 0 Å². The maximum atomic E-state index is 12.2. The number of rotatable bonds is 2. The molecule has 1 aliphatic rings. The van der Waals surface area contributed by atoms with Gasteiger partial charge in [0, 0.05) is 25.2 Å². The van der Waals surface area contributed by atoms with Crippen molar-refractivity contribution in [3.05, 3.63) is 36.2 Å². The molecule has 1 saturated heterocycles. The minimum atomic E-state index is -0.0424. The van der Waals surface area contributed by atoms with Gasteiger partial charge in [-0.05, 0) is 26.0 Å². The van der Waals surface area contributed by atoms with Crippen LogP contribution in [0.5, 0.6) is 0 Å². The molecular formula is C16H18N2O3. The molecule has 2 aromatic rings. The number of amides is 1. The van der Waals surface area contributed by atoms with Crippen LogP contribution in [0.3, 0.4) is 0 Å². The lowest BCUT2D eigenvalue weighted by atomic mass is 10.2. The van der Waals surface area contributed by atoms with Gasteiger partial charge in [-0.25, -0.2) is 4.98 Å². The highest BCUT2D eigenvalue weighted by Gasteiger charge is 2.24. The van der Waals surface area contributed by atoms with E-state index in [1.165, 1.54) is 6.08 Å². The summed E-state index contributed by atoms with van der Waals surface area (Å²) in [7, 11) is 0. The third-order valence-electron chi connectivity index (χ3n) is 3.41. The van der Waals surface area contributed by atoms with Gasteiger partial charge in [-0.1, -0.05) is 12.1 Å². The van der Waals surface area contributed by atoms with Crippen molar-refractivity contribution in [3.8, 4) is 0 Å². The summed E-state index contributed by atoms with van der Waals surface area (Å²) in [4.78, 5) is 18.3. The van der Waals surface area contributed by atoms with Gasteiger partial charge >= 0.3 is 0 Å². The van der Waals surface area contributed by atoms with Crippen molar-refractivity contribution >= 4 is 23.1 Å². The molecule has 0 N–H and O–H groups in total.